The van der Waals surface area contributed by atoms with E-state index in [1.807, 2.05) is 38.1 Å². The van der Waals surface area contributed by atoms with Crippen molar-refractivity contribution in [2.24, 2.45) is 0 Å². The fourth-order valence-corrected chi connectivity index (χ4v) is 4.64. The van der Waals surface area contributed by atoms with Crippen LogP contribution in [0.1, 0.15) is 61.5 Å². The van der Waals surface area contributed by atoms with Crippen LogP contribution >= 0.6 is 0 Å². The summed E-state index contributed by atoms with van der Waals surface area (Å²) in [6.45, 7) is 10.4. The van der Waals surface area contributed by atoms with Crippen LogP contribution < -0.4 is 14.8 Å². The fourth-order valence-electron chi connectivity index (χ4n) is 4.64. The maximum atomic E-state index is 12.2. The summed E-state index contributed by atoms with van der Waals surface area (Å²) in [5.74, 6) is 3.17. The molecular weight excluding hydrogens is 486 g/mol. The van der Waals surface area contributed by atoms with Crippen molar-refractivity contribution in [2.75, 3.05) is 19.8 Å². The standard InChI is InChI=1S/C33H41N3O3/c1-24(2)27-15-17-28(18-16-27)38-21-20-36-30-11-8-7-10-29(30)35-32(36)12-6-5-9-19-34-33(37)23-39-31-22-25(3)13-14-26(31)4/h7-8,10-11,13-18,22,24H,5-6,9,12,19-21,23H2,1-4H3,(H,34,37). The number of aromatic nitrogens is 2. The maximum absolute atomic E-state index is 12.2. The fraction of sp³-hybridized carbons (Fsp3) is 0.394. The molecule has 0 fully saturated rings. The predicted molar refractivity (Wildman–Crippen MR) is 158 cm³/mol. The van der Waals surface area contributed by atoms with Crippen LogP contribution in [0, 0.1) is 13.8 Å². The van der Waals surface area contributed by atoms with Crippen LogP contribution in [0.5, 0.6) is 11.5 Å². The first-order valence-corrected chi connectivity index (χ1v) is 14.0. The van der Waals surface area contributed by atoms with Gasteiger partial charge in [0.2, 0.25) is 0 Å². The summed E-state index contributed by atoms with van der Waals surface area (Å²) in [6, 6.07) is 22.7. The molecule has 4 aromatic rings. The second-order valence-corrected chi connectivity index (χ2v) is 10.5. The topological polar surface area (TPSA) is 65.4 Å². The molecular formula is C33H41N3O3. The minimum Gasteiger partial charge on any atom is -0.492 e. The molecule has 0 bridgehead atoms. The number of amides is 1. The van der Waals surface area contributed by atoms with Crippen LogP contribution in [0.4, 0.5) is 0 Å². The average molecular weight is 528 g/mol. The Morgan fingerprint density at radius 3 is 2.54 bits per heavy atom. The van der Waals surface area contributed by atoms with Crippen LogP contribution in [-0.2, 0) is 17.8 Å². The first kappa shape index (κ1) is 28.2. The van der Waals surface area contributed by atoms with Gasteiger partial charge in [-0.1, -0.05) is 56.7 Å². The Morgan fingerprint density at radius 2 is 1.74 bits per heavy atom. The molecule has 0 spiro atoms. The number of benzene rings is 3. The first-order chi connectivity index (χ1) is 18.9. The van der Waals surface area contributed by atoms with Gasteiger partial charge in [0.05, 0.1) is 17.6 Å². The number of imidazole rings is 1. The maximum Gasteiger partial charge on any atom is 0.257 e. The molecule has 1 N–H and O–H groups in total. The van der Waals surface area contributed by atoms with E-state index in [0.717, 1.165) is 71.7 Å². The van der Waals surface area contributed by atoms with E-state index in [1.165, 1.54) is 5.56 Å². The monoisotopic (exact) mass is 527 g/mol. The van der Waals surface area contributed by atoms with Crippen molar-refractivity contribution < 1.29 is 14.3 Å². The normalized spacial score (nSPS) is 11.2. The molecule has 39 heavy (non-hydrogen) atoms. The molecule has 0 aliphatic heterocycles. The van der Waals surface area contributed by atoms with Crippen molar-refractivity contribution in [3.05, 3.63) is 89.2 Å². The Balaban J connectivity index is 1.21. The van der Waals surface area contributed by atoms with Gasteiger partial charge in [-0.15, -0.1) is 0 Å². The highest BCUT2D eigenvalue weighted by molar-refractivity contribution is 5.77. The number of hydrogen-bond acceptors (Lipinski definition) is 4. The number of unbranched alkanes of at least 4 members (excludes halogenated alkanes) is 2. The first-order valence-electron chi connectivity index (χ1n) is 14.0. The van der Waals surface area contributed by atoms with Gasteiger partial charge in [-0.25, -0.2) is 4.98 Å². The van der Waals surface area contributed by atoms with Crippen LogP contribution in [0.25, 0.3) is 11.0 Å². The van der Waals surface area contributed by atoms with Crippen molar-refractivity contribution in [3.8, 4) is 11.5 Å². The number of aryl methyl sites for hydroxylation is 3. The second-order valence-electron chi connectivity index (χ2n) is 10.5. The van der Waals surface area contributed by atoms with Gasteiger partial charge in [0.1, 0.15) is 23.9 Å². The minimum atomic E-state index is -0.0865. The quantitative estimate of drug-likeness (QED) is 0.184. The zero-order chi connectivity index (χ0) is 27.6. The molecule has 0 saturated carbocycles. The number of carbonyl (C=O) groups excluding carboxylic acids is 1. The lowest BCUT2D eigenvalue weighted by atomic mass is 10.0. The Bertz CT molecular complexity index is 1360. The van der Waals surface area contributed by atoms with E-state index in [9.17, 15) is 4.79 Å². The van der Waals surface area contributed by atoms with Gasteiger partial charge in [0, 0.05) is 13.0 Å². The summed E-state index contributed by atoms with van der Waals surface area (Å²) >= 11 is 0. The van der Waals surface area contributed by atoms with E-state index in [1.54, 1.807) is 0 Å². The summed E-state index contributed by atoms with van der Waals surface area (Å²) in [4.78, 5) is 17.1. The number of fused-ring (bicyclic) bond motifs is 1. The Labute approximate surface area is 232 Å². The number of para-hydroxylation sites is 2. The Morgan fingerprint density at radius 1 is 0.949 bits per heavy atom. The van der Waals surface area contributed by atoms with E-state index in [4.69, 9.17) is 14.5 Å². The van der Waals surface area contributed by atoms with Crippen LogP contribution in [0.2, 0.25) is 0 Å². The molecule has 0 aliphatic rings. The molecule has 0 radical (unpaired) electrons. The Kier molecular flexibility index (Phi) is 10.0. The van der Waals surface area contributed by atoms with E-state index in [0.29, 0.717) is 19.1 Å². The number of ether oxygens (including phenoxy) is 2. The van der Waals surface area contributed by atoms with Gasteiger partial charge in [-0.05, 0) is 79.6 Å². The van der Waals surface area contributed by atoms with Gasteiger partial charge in [-0.3, -0.25) is 4.79 Å². The predicted octanol–water partition coefficient (Wildman–Crippen LogP) is 6.76. The zero-order valence-corrected chi connectivity index (χ0v) is 23.7. The zero-order valence-electron chi connectivity index (χ0n) is 23.7. The highest BCUT2D eigenvalue weighted by atomic mass is 16.5. The summed E-state index contributed by atoms with van der Waals surface area (Å²) in [5.41, 5.74) is 5.63. The smallest absolute Gasteiger partial charge is 0.257 e. The third-order valence-electron chi connectivity index (χ3n) is 6.97. The molecule has 0 saturated heterocycles. The lowest BCUT2D eigenvalue weighted by molar-refractivity contribution is -0.123. The summed E-state index contributed by atoms with van der Waals surface area (Å²) in [5, 5.41) is 2.97. The molecule has 0 atom stereocenters. The molecule has 6 heteroatoms. The summed E-state index contributed by atoms with van der Waals surface area (Å²) in [6.07, 6.45) is 3.84. The molecule has 1 heterocycles. The second kappa shape index (κ2) is 13.8. The molecule has 6 nitrogen and oxygen atoms in total. The van der Waals surface area contributed by atoms with Crippen LogP contribution in [0.15, 0.2) is 66.7 Å². The van der Waals surface area contributed by atoms with E-state index >= 15 is 0 Å². The molecule has 206 valence electrons. The Hall–Kier alpha value is -3.80. The van der Waals surface area contributed by atoms with Crippen LogP contribution in [-0.4, -0.2) is 35.2 Å². The molecule has 1 aromatic heterocycles. The van der Waals surface area contributed by atoms with Crippen molar-refractivity contribution in [2.45, 2.75) is 65.8 Å². The van der Waals surface area contributed by atoms with E-state index < -0.39 is 0 Å². The summed E-state index contributed by atoms with van der Waals surface area (Å²) < 4.78 is 14.0. The number of rotatable bonds is 14. The third kappa shape index (κ3) is 8.09. The molecule has 1 amide bonds. The van der Waals surface area contributed by atoms with Crippen molar-refractivity contribution in [1.82, 2.24) is 14.9 Å². The van der Waals surface area contributed by atoms with Crippen molar-refractivity contribution >= 4 is 16.9 Å². The molecule has 3 aromatic carbocycles. The van der Waals surface area contributed by atoms with Gasteiger partial charge in [0.15, 0.2) is 6.61 Å². The van der Waals surface area contributed by atoms with Gasteiger partial charge in [-0.2, -0.15) is 0 Å². The largest absolute Gasteiger partial charge is 0.492 e. The summed E-state index contributed by atoms with van der Waals surface area (Å²) in [7, 11) is 0. The molecule has 0 unspecified atom stereocenters. The molecule has 4 rings (SSSR count). The van der Waals surface area contributed by atoms with Gasteiger partial charge < -0.3 is 19.4 Å². The molecule has 0 aliphatic carbocycles. The number of hydrogen-bond donors (Lipinski definition) is 1. The minimum absolute atomic E-state index is 0.0399. The van der Waals surface area contributed by atoms with Crippen LogP contribution in [0.3, 0.4) is 0 Å². The van der Waals surface area contributed by atoms with Crippen molar-refractivity contribution in [1.29, 1.82) is 0 Å². The highest BCUT2D eigenvalue weighted by Gasteiger charge is 2.11. The number of nitrogens with one attached hydrogen (secondary N) is 1. The lowest BCUT2D eigenvalue weighted by Crippen LogP contribution is -2.29. The third-order valence-corrected chi connectivity index (χ3v) is 6.97. The average Bonchev–Trinajstić information content (AvgIpc) is 3.28. The SMILES string of the molecule is Cc1ccc(C)c(OCC(=O)NCCCCCc2nc3ccccc3n2CCOc2ccc(C(C)C)cc2)c1. The van der Waals surface area contributed by atoms with Gasteiger partial charge >= 0.3 is 0 Å². The van der Waals surface area contributed by atoms with E-state index in [-0.39, 0.29) is 12.5 Å². The number of carbonyl (C=O) groups is 1. The number of nitrogens with zero attached hydrogens (tertiary/aromatic N) is 2. The van der Waals surface area contributed by atoms with E-state index in [2.05, 4.69) is 66.2 Å². The van der Waals surface area contributed by atoms with Gasteiger partial charge in [0.25, 0.3) is 5.91 Å². The van der Waals surface area contributed by atoms with Crippen molar-refractivity contribution in [3.63, 3.8) is 0 Å². The lowest BCUT2D eigenvalue weighted by Gasteiger charge is -2.12. The highest BCUT2D eigenvalue weighted by Crippen LogP contribution is 2.21.